The van der Waals surface area contributed by atoms with Gasteiger partial charge in [-0.3, -0.25) is 9.55 Å². The Hall–Kier alpha value is -4.39. The summed E-state index contributed by atoms with van der Waals surface area (Å²) >= 11 is 0. The molecular weight excluding hydrogens is 415 g/mol. The first-order chi connectivity index (χ1) is 16.2. The van der Waals surface area contributed by atoms with E-state index in [4.69, 9.17) is 9.97 Å². The molecule has 1 unspecified atom stereocenters. The lowest BCUT2D eigenvalue weighted by Gasteiger charge is -2.15. The van der Waals surface area contributed by atoms with Gasteiger partial charge in [0.15, 0.2) is 0 Å². The highest BCUT2D eigenvalue weighted by molar-refractivity contribution is 5.66. The van der Waals surface area contributed by atoms with Crippen LogP contribution >= 0.6 is 0 Å². The van der Waals surface area contributed by atoms with E-state index in [-0.39, 0.29) is 11.9 Å². The topological polar surface area (TPSA) is 68.5 Å². The van der Waals surface area contributed by atoms with Crippen LogP contribution in [0, 0.1) is 5.82 Å². The molecular formula is C26H21FN6. The molecule has 2 aromatic carbocycles. The smallest absolute Gasteiger partial charge is 0.225 e. The molecule has 0 amide bonds. The summed E-state index contributed by atoms with van der Waals surface area (Å²) in [6.45, 7) is 2.06. The van der Waals surface area contributed by atoms with Crippen molar-refractivity contribution in [2.75, 3.05) is 5.32 Å². The number of imidazole rings is 1. The van der Waals surface area contributed by atoms with Crippen molar-refractivity contribution in [1.82, 2.24) is 24.5 Å². The molecule has 33 heavy (non-hydrogen) atoms. The van der Waals surface area contributed by atoms with Crippen LogP contribution in [-0.4, -0.2) is 24.5 Å². The van der Waals surface area contributed by atoms with E-state index in [2.05, 4.69) is 34.3 Å². The minimum absolute atomic E-state index is 0.0354. The molecule has 0 aliphatic rings. The first kappa shape index (κ1) is 20.5. The lowest BCUT2D eigenvalue weighted by molar-refractivity contribution is 0.628. The molecule has 3 aromatic heterocycles. The third kappa shape index (κ3) is 4.48. The molecule has 0 saturated heterocycles. The van der Waals surface area contributed by atoms with E-state index in [0.717, 1.165) is 22.4 Å². The van der Waals surface area contributed by atoms with Gasteiger partial charge in [0, 0.05) is 35.9 Å². The number of benzene rings is 2. The Balaban J connectivity index is 1.55. The lowest BCUT2D eigenvalue weighted by Crippen LogP contribution is -2.10. The summed E-state index contributed by atoms with van der Waals surface area (Å²) in [5.74, 6) is 1.52. The van der Waals surface area contributed by atoms with Crippen LogP contribution in [-0.2, 0) is 0 Å². The van der Waals surface area contributed by atoms with Gasteiger partial charge in [-0.1, -0.05) is 30.3 Å². The maximum Gasteiger partial charge on any atom is 0.225 e. The van der Waals surface area contributed by atoms with Crippen molar-refractivity contribution in [2.24, 2.45) is 0 Å². The number of rotatable bonds is 6. The quantitative estimate of drug-likeness (QED) is 0.370. The van der Waals surface area contributed by atoms with Crippen molar-refractivity contribution >= 4 is 5.95 Å². The Kier molecular flexibility index (Phi) is 5.59. The summed E-state index contributed by atoms with van der Waals surface area (Å²) in [5, 5.41) is 3.36. The van der Waals surface area contributed by atoms with E-state index in [9.17, 15) is 4.39 Å². The van der Waals surface area contributed by atoms with Crippen molar-refractivity contribution < 1.29 is 4.39 Å². The first-order valence-corrected chi connectivity index (χ1v) is 10.6. The minimum atomic E-state index is -0.297. The van der Waals surface area contributed by atoms with Crippen LogP contribution in [0.3, 0.4) is 0 Å². The van der Waals surface area contributed by atoms with Crippen LogP contribution in [0.15, 0.2) is 97.6 Å². The van der Waals surface area contributed by atoms with Crippen molar-refractivity contribution in [3.63, 3.8) is 0 Å². The normalized spacial score (nSPS) is 11.8. The molecule has 7 heteroatoms. The highest BCUT2D eigenvalue weighted by Crippen LogP contribution is 2.28. The van der Waals surface area contributed by atoms with Gasteiger partial charge in [-0.05, 0) is 55.0 Å². The third-order valence-electron chi connectivity index (χ3n) is 5.32. The zero-order valence-electron chi connectivity index (χ0n) is 17.9. The molecule has 0 aliphatic heterocycles. The zero-order valence-corrected chi connectivity index (χ0v) is 17.9. The number of nitrogens with zero attached hydrogens (tertiary/aromatic N) is 5. The van der Waals surface area contributed by atoms with Crippen molar-refractivity contribution in [3.05, 3.63) is 109 Å². The Morgan fingerprint density at radius 2 is 1.58 bits per heavy atom. The SMILES string of the molecule is CC(Nc1nccc(-n2cc(-c3ccncc3)nc2-c2ccc(F)cc2)n1)c1ccccc1. The summed E-state index contributed by atoms with van der Waals surface area (Å²) in [7, 11) is 0. The van der Waals surface area contributed by atoms with E-state index in [1.54, 1.807) is 30.7 Å². The average Bonchev–Trinajstić information content (AvgIpc) is 3.31. The number of halogens is 1. The van der Waals surface area contributed by atoms with Crippen molar-refractivity contribution in [2.45, 2.75) is 13.0 Å². The molecule has 0 radical (unpaired) electrons. The summed E-state index contributed by atoms with van der Waals surface area (Å²) in [4.78, 5) is 18.0. The van der Waals surface area contributed by atoms with Crippen molar-refractivity contribution in [1.29, 1.82) is 0 Å². The molecule has 1 N–H and O–H groups in total. The summed E-state index contributed by atoms with van der Waals surface area (Å²) < 4.78 is 15.4. The second-order valence-electron chi connectivity index (χ2n) is 7.58. The average molecular weight is 436 g/mol. The maximum atomic E-state index is 13.5. The van der Waals surface area contributed by atoms with Crippen LogP contribution in [0.25, 0.3) is 28.5 Å². The largest absolute Gasteiger partial charge is 0.348 e. The molecule has 0 bridgehead atoms. The van der Waals surface area contributed by atoms with E-state index < -0.39 is 0 Å². The highest BCUT2D eigenvalue weighted by Gasteiger charge is 2.15. The minimum Gasteiger partial charge on any atom is -0.348 e. The van der Waals surface area contributed by atoms with Gasteiger partial charge < -0.3 is 5.32 Å². The Labute approximate surface area is 190 Å². The van der Waals surface area contributed by atoms with Gasteiger partial charge >= 0.3 is 0 Å². The van der Waals surface area contributed by atoms with Gasteiger partial charge in [0.1, 0.15) is 17.5 Å². The predicted molar refractivity (Wildman–Crippen MR) is 126 cm³/mol. The fourth-order valence-corrected chi connectivity index (χ4v) is 3.59. The van der Waals surface area contributed by atoms with Gasteiger partial charge in [-0.15, -0.1) is 0 Å². The van der Waals surface area contributed by atoms with E-state index >= 15 is 0 Å². The molecule has 6 nitrogen and oxygen atoms in total. The summed E-state index contributed by atoms with van der Waals surface area (Å²) in [5.41, 5.74) is 3.61. The fraction of sp³-hybridized carbons (Fsp3) is 0.0769. The fourth-order valence-electron chi connectivity index (χ4n) is 3.59. The Morgan fingerprint density at radius 3 is 2.33 bits per heavy atom. The van der Waals surface area contributed by atoms with E-state index in [1.807, 2.05) is 47.2 Å². The number of aromatic nitrogens is 5. The van der Waals surface area contributed by atoms with E-state index in [0.29, 0.717) is 17.6 Å². The van der Waals surface area contributed by atoms with Crippen LogP contribution in [0.4, 0.5) is 10.3 Å². The first-order valence-electron chi connectivity index (χ1n) is 10.6. The highest BCUT2D eigenvalue weighted by atomic mass is 19.1. The molecule has 0 aliphatic carbocycles. The molecule has 1 atom stereocenters. The van der Waals surface area contributed by atoms with Gasteiger partial charge in [0.25, 0.3) is 0 Å². The molecule has 0 fully saturated rings. The number of nitrogens with one attached hydrogen (secondary N) is 1. The molecule has 5 aromatic rings. The summed E-state index contributed by atoms with van der Waals surface area (Å²) in [6, 6.07) is 22.1. The van der Waals surface area contributed by atoms with Crippen LogP contribution in [0.5, 0.6) is 0 Å². The van der Waals surface area contributed by atoms with Gasteiger partial charge in [-0.2, -0.15) is 4.98 Å². The molecule has 0 spiro atoms. The third-order valence-corrected chi connectivity index (χ3v) is 5.32. The molecule has 3 heterocycles. The maximum absolute atomic E-state index is 13.5. The molecule has 0 saturated carbocycles. The van der Waals surface area contributed by atoms with E-state index in [1.165, 1.54) is 12.1 Å². The summed E-state index contributed by atoms with van der Waals surface area (Å²) in [6.07, 6.45) is 7.08. The number of pyridine rings is 1. The second-order valence-corrected chi connectivity index (χ2v) is 7.58. The zero-order chi connectivity index (χ0) is 22.6. The van der Waals surface area contributed by atoms with Crippen molar-refractivity contribution in [3.8, 4) is 28.5 Å². The number of hydrogen-bond acceptors (Lipinski definition) is 5. The predicted octanol–water partition coefficient (Wildman–Crippen LogP) is 5.70. The molecule has 162 valence electrons. The van der Waals surface area contributed by atoms with Gasteiger partial charge in [-0.25, -0.2) is 14.4 Å². The van der Waals surface area contributed by atoms with Crippen LogP contribution in [0.1, 0.15) is 18.5 Å². The van der Waals surface area contributed by atoms with Gasteiger partial charge in [0.05, 0.1) is 11.7 Å². The second kappa shape index (κ2) is 9.00. The Bertz CT molecular complexity index is 1350. The Morgan fingerprint density at radius 1 is 0.818 bits per heavy atom. The monoisotopic (exact) mass is 436 g/mol. The van der Waals surface area contributed by atoms with Gasteiger partial charge in [0.2, 0.25) is 5.95 Å². The standard InChI is InChI=1S/C26H21FN6/c1-18(19-5-3-2-4-6-19)30-26-29-16-13-24(32-26)33-17-23(20-11-14-28-15-12-20)31-25(33)21-7-9-22(27)10-8-21/h2-18H,1H3,(H,29,30,32). The van der Waals surface area contributed by atoms with Crippen LogP contribution in [0.2, 0.25) is 0 Å². The number of anilines is 1. The lowest BCUT2D eigenvalue weighted by atomic mass is 10.1. The van der Waals surface area contributed by atoms with Crippen LogP contribution < -0.4 is 5.32 Å². The molecule has 5 rings (SSSR count). The number of hydrogen-bond donors (Lipinski definition) is 1.